The van der Waals surface area contributed by atoms with Crippen LogP contribution in [0.4, 0.5) is 11.4 Å². The van der Waals surface area contributed by atoms with Gasteiger partial charge in [0.25, 0.3) is 11.8 Å². The number of piperidine rings is 1. The first-order chi connectivity index (χ1) is 21.9. The average Bonchev–Trinajstić information content (AvgIpc) is 3.40. The normalized spacial score (nSPS) is 29.3. The highest BCUT2D eigenvalue weighted by Gasteiger charge is 2.34. The average molecular weight is 474 g/mol. The second-order valence-electron chi connectivity index (χ2n) is 6.94. The van der Waals surface area contributed by atoms with E-state index in [1.54, 1.807) is 0 Å². The van der Waals surface area contributed by atoms with Crippen LogP contribution in [0.1, 0.15) is 64.8 Å². The summed E-state index contributed by atoms with van der Waals surface area (Å²) in [4.78, 5) is 40.5. The van der Waals surface area contributed by atoms with Gasteiger partial charge in [-0.15, -0.1) is 0 Å². The number of anilines is 2. The highest BCUT2D eigenvalue weighted by molar-refractivity contribution is 6.09. The molecule has 1 aromatic heterocycles. The number of methoxy groups -OCH3 is 1. The van der Waals surface area contributed by atoms with E-state index in [4.69, 9.17) is 29.7 Å². The molecule has 0 bridgehead atoms. The van der Waals surface area contributed by atoms with E-state index in [2.05, 4.69) is 5.10 Å². The topological polar surface area (TPSA) is 111 Å². The van der Waals surface area contributed by atoms with E-state index >= 15 is 0 Å². The van der Waals surface area contributed by atoms with Crippen LogP contribution in [0.25, 0.3) is 5.69 Å². The van der Waals surface area contributed by atoms with Crippen LogP contribution in [0, 0.1) is 0 Å². The number of ether oxygens (including phenoxy) is 1. The van der Waals surface area contributed by atoms with Crippen molar-refractivity contribution in [2.24, 2.45) is 5.73 Å². The molecule has 3 heterocycles. The highest BCUT2D eigenvalue weighted by atomic mass is 16.5. The predicted octanol–water partition coefficient (Wildman–Crippen LogP) is 2.70. The first kappa shape index (κ1) is 10.9. The largest absolute Gasteiger partial charge is 0.497 e. The van der Waals surface area contributed by atoms with Crippen LogP contribution < -0.4 is 20.3 Å². The Morgan fingerprint density at radius 1 is 1.03 bits per heavy atom. The van der Waals surface area contributed by atoms with Gasteiger partial charge in [0.05, 0.1) is 18.3 Å². The lowest BCUT2D eigenvalue weighted by molar-refractivity contribution is -0.119. The van der Waals surface area contributed by atoms with Crippen LogP contribution in [-0.4, -0.2) is 47.7 Å². The van der Waals surface area contributed by atoms with Crippen molar-refractivity contribution in [1.29, 1.82) is 0 Å². The van der Waals surface area contributed by atoms with Gasteiger partial charge < -0.3 is 20.3 Å². The van der Waals surface area contributed by atoms with E-state index in [0.29, 0.717) is 4.68 Å². The first-order valence-electron chi connectivity index (χ1n) is 16.7. The molecule has 1 saturated heterocycles. The van der Waals surface area contributed by atoms with Crippen molar-refractivity contribution >= 4 is 29.1 Å². The van der Waals surface area contributed by atoms with Crippen molar-refractivity contribution in [2.45, 2.75) is 25.5 Å². The molecule has 3 aromatic rings. The molecule has 3 amide bonds. The molecule has 2 aliphatic heterocycles. The molecule has 9 heteroatoms. The fourth-order valence-corrected chi connectivity index (χ4v) is 3.42. The lowest BCUT2D eigenvalue weighted by Gasteiger charge is -2.29. The molecule has 34 heavy (non-hydrogen) atoms. The van der Waals surface area contributed by atoms with E-state index in [9.17, 15) is 14.4 Å². The van der Waals surface area contributed by atoms with Gasteiger partial charge in [-0.25, -0.2) is 4.68 Å². The van der Waals surface area contributed by atoms with Gasteiger partial charge in [0.1, 0.15) is 11.4 Å². The minimum atomic E-state index is -3.57. The van der Waals surface area contributed by atoms with Crippen molar-refractivity contribution in [3.8, 4) is 11.4 Å². The minimum absolute atomic E-state index is 0.104. The molecule has 2 aromatic carbocycles. The summed E-state index contributed by atoms with van der Waals surface area (Å²) in [6.45, 7) is -4.17. The Bertz CT molecular complexity index is 1880. The number of carbonyl (C=O) groups is 3. The van der Waals surface area contributed by atoms with Crippen LogP contribution in [0.15, 0.2) is 48.4 Å². The van der Waals surface area contributed by atoms with Crippen molar-refractivity contribution in [3.05, 3.63) is 65.4 Å². The maximum Gasteiger partial charge on any atom is 0.277 e. The summed E-state index contributed by atoms with van der Waals surface area (Å²) < 4.78 is 121. The zero-order valence-electron chi connectivity index (χ0n) is 31.5. The van der Waals surface area contributed by atoms with Crippen LogP contribution in [-0.2, 0) is 11.2 Å². The zero-order chi connectivity index (χ0) is 36.3. The summed E-state index contributed by atoms with van der Waals surface area (Å²) in [7, 11) is 1.12. The quantitative estimate of drug-likeness (QED) is 0.613. The van der Waals surface area contributed by atoms with Gasteiger partial charge in [-0.2, -0.15) is 5.10 Å². The molecule has 174 valence electrons. The van der Waals surface area contributed by atoms with Crippen LogP contribution in [0.5, 0.6) is 5.75 Å². The summed E-state index contributed by atoms with van der Waals surface area (Å²) in [6, 6.07) is 1.41. The number of hydrogen-bond donors (Lipinski definition) is 1. The number of benzene rings is 2. The number of nitrogens with zero attached hydrogens (tertiary/aromatic N) is 4. The third-order valence-electron chi connectivity index (χ3n) is 5.01. The number of hydrogen-bond acceptors (Lipinski definition) is 5. The Morgan fingerprint density at radius 3 is 2.35 bits per heavy atom. The van der Waals surface area contributed by atoms with Crippen molar-refractivity contribution in [3.63, 3.8) is 0 Å². The molecule has 2 aliphatic rings. The molecule has 0 spiro atoms. The molecule has 0 aliphatic carbocycles. The van der Waals surface area contributed by atoms with Crippen LogP contribution in [0.2, 0.25) is 0 Å². The second kappa shape index (κ2) is 8.66. The third-order valence-corrected chi connectivity index (χ3v) is 5.01. The number of rotatable bonds is 5. The summed E-state index contributed by atoms with van der Waals surface area (Å²) in [5, 5.41) is 3.95. The number of primary amides is 1. The molecule has 1 fully saturated rings. The number of fused-ring (bicyclic) bond motifs is 1. The number of aromatic nitrogens is 2. The first-order valence-corrected chi connectivity index (χ1v) is 9.74. The van der Waals surface area contributed by atoms with E-state index < -0.39 is 115 Å². The van der Waals surface area contributed by atoms with Gasteiger partial charge in [-0.1, -0.05) is 0 Å². The summed E-state index contributed by atoms with van der Waals surface area (Å²) in [6.07, 6.45) is -13.2. The van der Waals surface area contributed by atoms with Crippen LogP contribution in [0.3, 0.4) is 0 Å². The van der Waals surface area contributed by atoms with Gasteiger partial charge in [0.15, 0.2) is 5.69 Å². The lowest BCUT2D eigenvalue weighted by atomic mass is 10.0. The maximum atomic E-state index is 14.1. The number of amides is 3. The molecule has 0 saturated carbocycles. The van der Waals surface area contributed by atoms with Gasteiger partial charge in [0, 0.05) is 50.1 Å². The fourth-order valence-electron chi connectivity index (χ4n) is 3.42. The second-order valence-corrected chi connectivity index (χ2v) is 6.94. The van der Waals surface area contributed by atoms with Crippen molar-refractivity contribution in [1.82, 2.24) is 9.78 Å². The predicted molar refractivity (Wildman–Crippen MR) is 127 cm³/mol. The van der Waals surface area contributed by atoms with Gasteiger partial charge in [-0.05, 0) is 67.6 Å². The summed E-state index contributed by atoms with van der Waals surface area (Å²) >= 11 is 0. The molecule has 9 nitrogen and oxygen atoms in total. The zero-order valence-corrected chi connectivity index (χ0v) is 17.5. The summed E-state index contributed by atoms with van der Waals surface area (Å²) in [5.74, 6) is -4.45. The molecule has 0 atom stereocenters. The van der Waals surface area contributed by atoms with E-state index in [0.717, 1.165) is 36.3 Å². The summed E-state index contributed by atoms with van der Waals surface area (Å²) in [5.41, 5.74) is 2.37. The van der Waals surface area contributed by atoms with E-state index in [1.807, 2.05) is 0 Å². The monoisotopic (exact) mass is 473 g/mol. The molecular formula is C25H25N5O4. The van der Waals surface area contributed by atoms with Crippen molar-refractivity contribution < 1.29 is 38.3 Å². The SMILES string of the molecule is [2H]c1c([2H])c(-n2nc(C(N)=O)c3c2C(=O)N(c2ccc(N4C(=O)C([2H])([2H])C([2H])([2H])C([2H])([2H])C4([2H])[2H])cc2)CC3([2H])[2H])c([2H])c([2H])c1OC. The minimum Gasteiger partial charge on any atom is -0.497 e. The molecule has 5 rings (SSSR count). The maximum absolute atomic E-state index is 14.1. The highest BCUT2D eigenvalue weighted by Crippen LogP contribution is 2.31. The van der Waals surface area contributed by atoms with Crippen molar-refractivity contribution in [2.75, 3.05) is 30.0 Å². The van der Waals surface area contributed by atoms with Crippen LogP contribution >= 0.6 is 0 Å². The van der Waals surface area contributed by atoms with Gasteiger partial charge >= 0.3 is 0 Å². The molecule has 2 N–H and O–H groups in total. The Morgan fingerprint density at radius 2 is 1.71 bits per heavy atom. The standard InChI is InChI=1S/C25H25N5O4/c1-34-19-11-9-18(10-12-19)30-23-20(22(27-30)24(26)32)13-15-29(25(23)33)17-7-5-16(6-8-17)28-14-3-2-4-21(28)31/h5-12H,2-4,13-15H2,1H3,(H2,26,32)/i2D2,3D2,4D2,9D,10D,11D,12D,13D2,14D2. The Hall–Kier alpha value is -4.14. The number of carbonyl (C=O) groups excluding carboxylic acids is 3. The van der Waals surface area contributed by atoms with Gasteiger partial charge in [0.2, 0.25) is 5.91 Å². The van der Waals surface area contributed by atoms with E-state index in [-0.39, 0.29) is 10.6 Å². The third kappa shape index (κ3) is 3.68. The Kier molecular flexibility index (Phi) is 2.77. The number of nitrogens with two attached hydrogens (primary N) is 1. The van der Waals surface area contributed by atoms with E-state index in [1.165, 1.54) is 0 Å². The molecule has 0 radical (unpaired) electrons. The fraction of sp³-hybridized carbons (Fsp3) is 0.280. The molecular weight excluding hydrogens is 434 g/mol. The van der Waals surface area contributed by atoms with Gasteiger partial charge in [-0.3, -0.25) is 14.4 Å². The lowest BCUT2D eigenvalue weighted by Crippen LogP contribution is -2.39. The smallest absolute Gasteiger partial charge is 0.277 e. The molecule has 0 unspecified atom stereocenters. The Labute approximate surface area is 216 Å². The Balaban J connectivity index is 1.66.